The maximum Gasteiger partial charge on any atom is 0.408 e. The highest BCUT2D eigenvalue weighted by Crippen LogP contribution is 2.08. The molecular formula is C22H33N3O7. The number of amides is 3. The Balaban J connectivity index is 2.60. The summed E-state index contributed by atoms with van der Waals surface area (Å²) in [7, 11) is 0. The van der Waals surface area contributed by atoms with Crippen LogP contribution >= 0.6 is 0 Å². The molecular weight excluding hydrogens is 418 g/mol. The normalized spacial score (nSPS) is 14.8. The van der Waals surface area contributed by atoms with Crippen LogP contribution in [0.1, 0.15) is 47.1 Å². The minimum Gasteiger partial charge on any atom is -0.458 e. The Morgan fingerprint density at radius 2 is 1.50 bits per heavy atom. The predicted octanol–water partition coefficient (Wildman–Crippen LogP) is 1.01. The molecule has 0 heterocycles. The summed E-state index contributed by atoms with van der Waals surface area (Å²) < 4.78 is 10.3. The lowest BCUT2D eigenvalue weighted by atomic mass is 10.1. The first kappa shape index (κ1) is 26.9. The summed E-state index contributed by atoms with van der Waals surface area (Å²) in [6.07, 6.45) is -2.07. The lowest BCUT2D eigenvalue weighted by Crippen LogP contribution is -2.58. The topological polar surface area (TPSA) is 143 Å². The van der Waals surface area contributed by atoms with E-state index in [0.29, 0.717) is 0 Å². The van der Waals surface area contributed by atoms with Crippen molar-refractivity contribution >= 4 is 23.9 Å². The van der Waals surface area contributed by atoms with Gasteiger partial charge in [0, 0.05) is 0 Å². The number of rotatable bonds is 9. The van der Waals surface area contributed by atoms with Crippen molar-refractivity contribution in [3.05, 3.63) is 35.9 Å². The molecule has 0 radical (unpaired) electrons. The van der Waals surface area contributed by atoms with Crippen LogP contribution in [0.25, 0.3) is 0 Å². The molecule has 178 valence electrons. The molecule has 10 heteroatoms. The molecule has 0 aliphatic carbocycles. The average Bonchev–Trinajstić information content (AvgIpc) is 2.69. The monoisotopic (exact) mass is 451 g/mol. The van der Waals surface area contributed by atoms with Crippen LogP contribution in [0.5, 0.6) is 0 Å². The molecule has 4 N–H and O–H groups in total. The van der Waals surface area contributed by atoms with Crippen LogP contribution in [0, 0.1) is 0 Å². The van der Waals surface area contributed by atoms with Crippen molar-refractivity contribution in [2.45, 2.75) is 78.0 Å². The van der Waals surface area contributed by atoms with Gasteiger partial charge >= 0.3 is 12.1 Å². The van der Waals surface area contributed by atoms with E-state index < -0.39 is 53.7 Å². The van der Waals surface area contributed by atoms with Crippen LogP contribution in [0.15, 0.2) is 30.3 Å². The van der Waals surface area contributed by atoms with Gasteiger partial charge in [-0.05, 0) is 47.1 Å². The molecule has 0 saturated carbocycles. The summed E-state index contributed by atoms with van der Waals surface area (Å²) in [6, 6.07) is 5.62. The van der Waals surface area contributed by atoms with Gasteiger partial charge in [0.1, 0.15) is 30.3 Å². The van der Waals surface area contributed by atoms with Gasteiger partial charge in [-0.2, -0.15) is 0 Å². The van der Waals surface area contributed by atoms with Crippen molar-refractivity contribution < 1.29 is 33.8 Å². The van der Waals surface area contributed by atoms with Crippen molar-refractivity contribution in [2.75, 3.05) is 0 Å². The quantitative estimate of drug-likeness (QED) is 0.410. The SMILES string of the molecule is C[C@H](NC(=O)OCc1ccccc1)C(=O)N[C@@H](C(=O)N[C@@H](C)C(=O)OC(C)(C)C)[C@@H](C)O. The number of esters is 1. The number of hydrogen-bond acceptors (Lipinski definition) is 7. The van der Waals surface area contributed by atoms with Crippen molar-refractivity contribution in [2.24, 2.45) is 0 Å². The second-order valence-electron chi connectivity index (χ2n) is 8.42. The van der Waals surface area contributed by atoms with Crippen LogP contribution in [-0.4, -0.2) is 58.8 Å². The zero-order valence-corrected chi connectivity index (χ0v) is 19.3. The molecule has 1 aromatic rings. The van der Waals surface area contributed by atoms with Crippen LogP contribution in [-0.2, 0) is 30.5 Å². The molecule has 0 aliphatic heterocycles. The maximum absolute atomic E-state index is 12.5. The Morgan fingerprint density at radius 1 is 0.906 bits per heavy atom. The summed E-state index contributed by atoms with van der Waals surface area (Å²) in [5.74, 6) is -2.14. The molecule has 4 atom stereocenters. The van der Waals surface area contributed by atoms with Gasteiger partial charge in [-0.25, -0.2) is 9.59 Å². The number of nitrogens with one attached hydrogen (secondary N) is 3. The van der Waals surface area contributed by atoms with Crippen LogP contribution in [0.3, 0.4) is 0 Å². The van der Waals surface area contributed by atoms with Crippen molar-refractivity contribution in [3.8, 4) is 0 Å². The number of carbonyl (C=O) groups is 4. The fraction of sp³-hybridized carbons (Fsp3) is 0.545. The molecule has 10 nitrogen and oxygen atoms in total. The van der Waals surface area contributed by atoms with E-state index in [1.165, 1.54) is 20.8 Å². The second kappa shape index (κ2) is 12.0. The van der Waals surface area contributed by atoms with Crippen LogP contribution in [0.4, 0.5) is 4.79 Å². The summed E-state index contributed by atoms with van der Waals surface area (Å²) in [5.41, 5.74) is 0.0502. The molecule has 0 spiro atoms. The number of aliphatic hydroxyl groups is 1. The average molecular weight is 452 g/mol. The molecule has 0 bridgehead atoms. The Labute approximate surface area is 188 Å². The van der Waals surface area contributed by atoms with E-state index in [4.69, 9.17) is 9.47 Å². The smallest absolute Gasteiger partial charge is 0.408 e. The highest BCUT2D eigenvalue weighted by molar-refractivity contribution is 5.93. The van der Waals surface area contributed by atoms with Crippen molar-refractivity contribution in [3.63, 3.8) is 0 Å². The van der Waals surface area contributed by atoms with Gasteiger partial charge in [-0.3, -0.25) is 9.59 Å². The molecule has 0 saturated heterocycles. The molecule has 0 fully saturated rings. The second-order valence-corrected chi connectivity index (χ2v) is 8.42. The third-order valence-electron chi connectivity index (χ3n) is 4.12. The molecule has 0 aromatic heterocycles. The lowest BCUT2D eigenvalue weighted by Gasteiger charge is -2.26. The van der Waals surface area contributed by atoms with Gasteiger partial charge in [-0.1, -0.05) is 30.3 Å². The number of ether oxygens (including phenoxy) is 2. The lowest BCUT2D eigenvalue weighted by molar-refractivity contribution is -0.158. The summed E-state index contributed by atoms with van der Waals surface area (Å²) in [5, 5.41) is 17.1. The van der Waals surface area contributed by atoms with Crippen molar-refractivity contribution in [1.29, 1.82) is 0 Å². The Kier molecular flexibility index (Phi) is 10.1. The van der Waals surface area contributed by atoms with E-state index >= 15 is 0 Å². The summed E-state index contributed by atoms with van der Waals surface area (Å²) >= 11 is 0. The molecule has 3 amide bonds. The zero-order valence-electron chi connectivity index (χ0n) is 19.3. The van der Waals surface area contributed by atoms with Crippen molar-refractivity contribution in [1.82, 2.24) is 16.0 Å². The van der Waals surface area contributed by atoms with E-state index in [1.54, 1.807) is 45.0 Å². The minimum atomic E-state index is -1.35. The minimum absolute atomic E-state index is 0.0300. The predicted molar refractivity (Wildman–Crippen MR) is 116 cm³/mol. The Hall–Kier alpha value is -3.14. The molecule has 1 rings (SSSR count). The number of hydrogen-bond donors (Lipinski definition) is 4. The number of benzene rings is 1. The van der Waals surface area contributed by atoms with Gasteiger partial charge in [0.2, 0.25) is 11.8 Å². The number of aliphatic hydroxyl groups excluding tert-OH is 1. The number of carbonyl (C=O) groups excluding carboxylic acids is 4. The summed E-state index contributed by atoms with van der Waals surface area (Å²) in [4.78, 5) is 48.9. The fourth-order valence-electron chi connectivity index (χ4n) is 2.44. The van der Waals surface area contributed by atoms with Gasteiger partial charge in [0.05, 0.1) is 6.10 Å². The molecule has 32 heavy (non-hydrogen) atoms. The van der Waals surface area contributed by atoms with Gasteiger partial charge < -0.3 is 30.5 Å². The van der Waals surface area contributed by atoms with Crippen LogP contribution < -0.4 is 16.0 Å². The largest absolute Gasteiger partial charge is 0.458 e. The maximum atomic E-state index is 12.5. The van der Waals surface area contributed by atoms with E-state index in [0.717, 1.165) is 5.56 Å². The van der Waals surface area contributed by atoms with Crippen LogP contribution in [0.2, 0.25) is 0 Å². The Bertz CT molecular complexity index is 790. The standard InChI is InChI=1S/C22H33N3O7/c1-13(24-21(30)31-12-16-10-8-7-9-11-16)18(27)25-17(15(3)26)19(28)23-14(2)20(29)32-22(4,5)6/h7-11,13-15,17,26H,12H2,1-6H3,(H,23,28)(H,24,30)(H,25,27)/t13-,14-,15+,17+/m0/s1. The van der Waals surface area contributed by atoms with E-state index in [9.17, 15) is 24.3 Å². The van der Waals surface area contributed by atoms with E-state index in [1.807, 2.05) is 6.07 Å². The zero-order chi connectivity index (χ0) is 24.5. The molecule has 0 aliphatic rings. The summed E-state index contributed by atoms with van der Waals surface area (Å²) in [6.45, 7) is 9.25. The van der Waals surface area contributed by atoms with E-state index in [2.05, 4.69) is 16.0 Å². The molecule has 1 aromatic carbocycles. The first-order valence-corrected chi connectivity index (χ1v) is 10.3. The Morgan fingerprint density at radius 3 is 2.03 bits per heavy atom. The van der Waals surface area contributed by atoms with Gasteiger partial charge in [0.25, 0.3) is 0 Å². The van der Waals surface area contributed by atoms with Gasteiger partial charge in [0.15, 0.2) is 0 Å². The third kappa shape index (κ3) is 9.78. The van der Waals surface area contributed by atoms with E-state index in [-0.39, 0.29) is 6.61 Å². The fourth-order valence-corrected chi connectivity index (χ4v) is 2.44. The highest BCUT2D eigenvalue weighted by Gasteiger charge is 2.31. The third-order valence-corrected chi connectivity index (χ3v) is 4.12. The number of alkyl carbamates (subject to hydrolysis) is 1. The van der Waals surface area contributed by atoms with Gasteiger partial charge in [-0.15, -0.1) is 0 Å². The first-order valence-electron chi connectivity index (χ1n) is 10.3. The first-order chi connectivity index (χ1) is 14.8. The molecule has 0 unspecified atom stereocenters. The highest BCUT2D eigenvalue weighted by atomic mass is 16.6.